The van der Waals surface area contributed by atoms with Crippen molar-refractivity contribution >= 4 is 41.3 Å². The van der Waals surface area contributed by atoms with Gasteiger partial charge in [-0.2, -0.15) is 5.10 Å². The molecule has 8 heteroatoms. The van der Waals surface area contributed by atoms with Gasteiger partial charge in [-0.3, -0.25) is 9.59 Å². The molecule has 2 N–H and O–H groups in total. The van der Waals surface area contributed by atoms with Crippen molar-refractivity contribution in [2.75, 3.05) is 5.32 Å². The summed E-state index contributed by atoms with van der Waals surface area (Å²) in [5.41, 5.74) is 5.21. The van der Waals surface area contributed by atoms with Gasteiger partial charge in [-0.15, -0.1) is 0 Å². The van der Waals surface area contributed by atoms with E-state index in [9.17, 15) is 14.4 Å². The second-order valence-electron chi connectivity index (χ2n) is 6.84. The molecule has 0 spiro atoms. The number of carbonyl (C=O) groups is 3. The monoisotopic (exact) mass is 449 g/mol. The van der Waals surface area contributed by atoms with Gasteiger partial charge < -0.3 is 10.1 Å². The molecule has 0 atom stereocenters. The maximum atomic E-state index is 12.3. The lowest BCUT2D eigenvalue weighted by atomic mass is 10.1. The summed E-state index contributed by atoms with van der Waals surface area (Å²) in [6.45, 7) is 3.57. The Labute approximate surface area is 190 Å². The molecule has 2 amide bonds. The van der Waals surface area contributed by atoms with Crippen LogP contribution in [0.3, 0.4) is 0 Å². The largest absolute Gasteiger partial charge is 0.423 e. The Kier molecular flexibility index (Phi) is 7.36. The summed E-state index contributed by atoms with van der Waals surface area (Å²) in [7, 11) is 0. The van der Waals surface area contributed by atoms with Crippen molar-refractivity contribution < 1.29 is 19.1 Å². The third-order valence-corrected chi connectivity index (χ3v) is 4.97. The van der Waals surface area contributed by atoms with Crippen molar-refractivity contribution in [2.45, 2.75) is 13.8 Å². The van der Waals surface area contributed by atoms with Gasteiger partial charge in [-0.05, 0) is 73.0 Å². The number of rotatable bonds is 5. The summed E-state index contributed by atoms with van der Waals surface area (Å²) in [4.78, 5) is 36.2. The topological polar surface area (TPSA) is 96.9 Å². The molecule has 0 aliphatic heterocycles. The molecule has 0 saturated carbocycles. The predicted molar refractivity (Wildman–Crippen MR) is 123 cm³/mol. The highest BCUT2D eigenvalue weighted by Gasteiger charge is 2.15. The van der Waals surface area contributed by atoms with Gasteiger partial charge in [0.05, 0.1) is 11.8 Å². The first-order valence-electron chi connectivity index (χ1n) is 9.62. The van der Waals surface area contributed by atoms with E-state index in [1.807, 2.05) is 19.1 Å². The van der Waals surface area contributed by atoms with Crippen molar-refractivity contribution in [3.63, 3.8) is 0 Å². The van der Waals surface area contributed by atoms with Gasteiger partial charge in [0.15, 0.2) is 0 Å². The van der Waals surface area contributed by atoms with Crippen molar-refractivity contribution in [3.05, 3.63) is 94.0 Å². The maximum Gasteiger partial charge on any atom is 0.343 e. The molecule has 162 valence electrons. The fourth-order valence-electron chi connectivity index (χ4n) is 2.72. The van der Waals surface area contributed by atoms with Gasteiger partial charge in [-0.1, -0.05) is 35.9 Å². The Morgan fingerprint density at radius 3 is 2.34 bits per heavy atom. The average molecular weight is 450 g/mol. The molecular weight excluding hydrogens is 430 g/mol. The zero-order chi connectivity index (χ0) is 23.1. The van der Waals surface area contributed by atoms with Crippen molar-refractivity contribution in [1.29, 1.82) is 0 Å². The highest BCUT2D eigenvalue weighted by molar-refractivity contribution is 6.40. The molecular formula is C24H20ClN3O4. The summed E-state index contributed by atoms with van der Waals surface area (Å²) >= 11 is 6.00. The molecule has 0 unspecified atom stereocenters. The first-order valence-corrected chi connectivity index (χ1v) is 10.0. The Hall–Kier alpha value is -3.97. The van der Waals surface area contributed by atoms with Crippen LogP contribution in [0.5, 0.6) is 5.75 Å². The fraction of sp³-hybridized carbons (Fsp3) is 0.0833. The van der Waals surface area contributed by atoms with E-state index in [0.29, 0.717) is 33.1 Å². The lowest BCUT2D eigenvalue weighted by Gasteiger charge is -2.08. The predicted octanol–water partition coefficient (Wildman–Crippen LogP) is 4.26. The molecule has 0 aliphatic rings. The number of benzene rings is 3. The van der Waals surface area contributed by atoms with E-state index in [0.717, 1.165) is 5.56 Å². The quantitative estimate of drug-likeness (QED) is 0.200. The maximum absolute atomic E-state index is 12.3. The van der Waals surface area contributed by atoms with Gasteiger partial charge in [0.25, 0.3) is 0 Å². The van der Waals surface area contributed by atoms with E-state index in [2.05, 4.69) is 15.8 Å². The Bertz CT molecular complexity index is 1190. The molecule has 0 heterocycles. The minimum atomic E-state index is -0.926. The summed E-state index contributed by atoms with van der Waals surface area (Å²) in [6, 6.07) is 18.7. The second kappa shape index (κ2) is 10.4. The average Bonchev–Trinajstić information content (AvgIpc) is 2.78. The summed E-state index contributed by atoms with van der Waals surface area (Å²) in [5, 5.41) is 6.74. The zero-order valence-corrected chi connectivity index (χ0v) is 18.1. The molecule has 3 aromatic carbocycles. The molecule has 0 aliphatic carbocycles. The van der Waals surface area contributed by atoms with Gasteiger partial charge in [0.2, 0.25) is 0 Å². The SMILES string of the molecule is Cc1ccccc1C(=O)Oc1ccc(/C=N/NC(=O)C(=O)Nc2cccc(Cl)c2C)cc1. The molecule has 3 rings (SSSR count). The molecule has 0 saturated heterocycles. The normalized spacial score (nSPS) is 10.6. The molecule has 0 radical (unpaired) electrons. The number of nitrogens with one attached hydrogen (secondary N) is 2. The molecule has 32 heavy (non-hydrogen) atoms. The minimum Gasteiger partial charge on any atom is -0.423 e. The van der Waals surface area contributed by atoms with Crippen LogP contribution in [0, 0.1) is 13.8 Å². The number of ether oxygens (including phenoxy) is 1. The number of aryl methyl sites for hydroxylation is 1. The van der Waals surface area contributed by atoms with Crippen LogP contribution < -0.4 is 15.5 Å². The number of carbonyl (C=O) groups excluding carboxylic acids is 3. The molecule has 0 fully saturated rings. The van der Waals surface area contributed by atoms with Crippen LogP contribution in [0.4, 0.5) is 5.69 Å². The third kappa shape index (κ3) is 5.80. The van der Waals surface area contributed by atoms with Crippen LogP contribution in [0.25, 0.3) is 0 Å². The van der Waals surface area contributed by atoms with Crippen LogP contribution in [-0.4, -0.2) is 24.0 Å². The van der Waals surface area contributed by atoms with E-state index < -0.39 is 17.8 Å². The van der Waals surface area contributed by atoms with Crippen molar-refractivity contribution in [3.8, 4) is 5.75 Å². The molecule has 3 aromatic rings. The van der Waals surface area contributed by atoms with E-state index in [1.165, 1.54) is 6.21 Å². The van der Waals surface area contributed by atoms with Crippen LogP contribution in [0.15, 0.2) is 71.8 Å². The third-order valence-electron chi connectivity index (χ3n) is 4.56. The standard InChI is InChI=1S/C24H20ClN3O4/c1-15-6-3-4-7-19(15)24(31)32-18-12-10-17(11-13-18)14-26-28-23(30)22(29)27-21-9-5-8-20(25)16(21)2/h3-14H,1-2H3,(H,27,29)(H,28,30)/b26-14+. The lowest BCUT2D eigenvalue weighted by Crippen LogP contribution is -2.32. The number of esters is 1. The van der Waals surface area contributed by atoms with Crippen LogP contribution >= 0.6 is 11.6 Å². The van der Waals surface area contributed by atoms with Gasteiger partial charge in [-0.25, -0.2) is 10.2 Å². The van der Waals surface area contributed by atoms with E-state index >= 15 is 0 Å². The van der Waals surface area contributed by atoms with Crippen LogP contribution in [0.1, 0.15) is 27.0 Å². The lowest BCUT2D eigenvalue weighted by molar-refractivity contribution is -0.136. The fourth-order valence-corrected chi connectivity index (χ4v) is 2.90. The zero-order valence-electron chi connectivity index (χ0n) is 17.4. The first-order chi connectivity index (χ1) is 15.3. The number of nitrogens with zero attached hydrogens (tertiary/aromatic N) is 1. The molecule has 7 nitrogen and oxygen atoms in total. The summed E-state index contributed by atoms with van der Waals surface area (Å²) in [6.07, 6.45) is 1.36. The summed E-state index contributed by atoms with van der Waals surface area (Å²) in [5.74, 6) is -1.87. The minimum absolute atomic E-state index is 0.371. The van der Waals surface area contributed by atoms with Gasteiger partial charge >= 0.3 is 17.8 Å². The number of amides is 2. The highest BCUT2D eigenvalue weighted by Crippen LogP contribution is 2.22. The number of hydrogen-bond acceptors (Lipinski definition) is 5. The number of hydrogen-bond donors (Lipinski definition) is 2. The molecule has 0 aromatic heterocycles. The van der Waals surface area contributed by atoms with Crippen molar-refractivity contribution in [2.24, 2.45) is 5.10 Å². The van der Waals surface area contributed by atoms with Crippen LogP contribution in [0.2, 0.25) is 5.02 Å². The van der Waals surface area contributed by atoms with E-state index in [-0.39, 0.29) is 0 Å². The van der Waals surface area contributed by atoms with Crippen molar-refractivity contribution in [1.82, 2.24) is 5.43 Å². The van der Waals surface area contributed by atoms with Crippen LogP contribution in [-0.2, 0) is 9.59 Å². The number of halogens is 1. The van der Waals surface area contributed by atoms with Gasteiger partial charge in [0, 0.05) is 10.7 Å². The number of anilines is 1. The first kappa shape index (κ1) is 22.7. The van der Waals surface area contributed by atoms with Gasteiger partial charge in [0.1, 0.15) is 5.75 Å². The van der Waals surface area contributed by atoms with E-state index in [4.69, 9.17) is 16.3 Å². The Morgan fingerprint density at radius 2 is 1.62 bits per heavy atom. The number of hydrazone groups is 1. The smallest absolute Gasteiger partial charge is 0.343 e. The Morgan fingerprint density at radius 1 is 0.906 bits per heavy atom. The highest BCUT2D eigenvalue weighted by atomic mass is 35.5. The van der Waals surface area contributed by atoms with E-state index in [1.54, 1.807) is 61.5 Å². The second-order valence-corrected chi connectivity index (χ2v) is 7.25. The Balaban J connectivity index is 1.53. The molecule has 0 bridgehead atoms. The summed E-state index contributed by atoms with van der Waals surface area (Å²) < 4.78 is 5.37.